The molecule has 160 valence electrons. The Labute approximate surface area is 189 Å². The fourth-order valence-corrected chi connectivity index (χ4v) is 5.69. The van der Waals surface area contributed by atoms with Crippen LogP contribution < -0.4 is 5.32 Å². The van der Waals surface area contributed by atoms with Gasteiger partial charge in [-0.15, -0.1) is 0 Å². The van der Waals surface area contributed by atoms with Crippen LogP contribution in [0.1, 0.15) is 18.9 Å². The molecular weight excluding hydrogens is 462 g/mol. The summed E-state index contributed by atoms with van der Waals surface area (Å²) in [6.07, 6.45) is 7.54. The molecule has 1 aliphatic rings. The van der Waals surface area contributed by atoms with Crippen LogP contribution in [0.4, 0.5) is 4.39 Å². The summed E-state index contributed by atoms with van der Waals surface area (Å²) in [6.45, 7) is 1.95. The summed E-state index contributed by atoms with van der Waals surface area (Å²) in [5.74, 6) is -0.692. The van der Waals surface area contributed by atoms with Crippen molar-refractivity contribution < 1.29 is 8.60 Å². The monoisotopic (exact) mass is 478 g/mol. The van der Waals surface area contributed by atoms with Crippen molar-refractivity contribution in [3.63, 3.8) is 0 Å². The number of pyridine rings is 1. The third kappa shape index (κ3) is 3.76. The molecule has 1 aliphatic heterocycles. The molecule has 0 amide bonds. The van der Waals surface area contributed by atoms with Gasteiger partial charge in [-0.25, -0.2) is 13.6 Å². The maximum atomic E-state index is 13.9. The third-order valence-electron chi connectivity index (χ3n) is 5.37. The number of H-pyrrole nitrogens is 1. The van der Waals surface area contributed by atoms with Gasteiger partial charge in [0.05, 0.1) is 32.6 Å². The Morgan fingerprint density at radius 3 is 2.77 bits per heavy atom. The summed E-state index contributed by atoms with van der Waals surface area (Å²) in [5, 5.41) is 15.4. The number of fused-ring (bicyclic) bond motifs is 1. The van der Waals surface area contributed by atoms with Crippen LogP contribution in [0.15, 0.2) is 46.7 Å². The Bertz CT molecular complexity index is 1300. The van der Waals surface area contributed by atoms with Crippen molar-refractivity contribution in [2.24, 2.45) is 0 Å². The normalized spacial score (nSPS) is 16.1. The van der Waals surface area contributed by atoms with Gasteiger partial charge in [0.25, 0.3) is 0 Å². The molecule has 1 atom stereocenters. The average Bonchev–Trinajstić information content (AvgIpc) is 3.44. The van der Waals surface area contributed by atoms with Crippen LogP contribution in [0.2, 0.25) is 10.0 Å². The quantitative estimate of drug-likeness (QED) is 0.425. The van der Waals surface area contributed by atoms with Crippen molar-refractivity contribution >= 4 is 45.0 Å². The molecule has 7 nitrogen and oxygen atoms in total. The number of nitrogens with zero attached hydrogens (tertiary/aromatic N) is 4. The molecule has 1 aromatic carbocycles. The second kappa shape index (κ2) is 8.31. The minimum absolute atomic E-state index is 0.00184. The number of aromatic nitrogens is 5. The lowest BCUT2D eigenvalue weighted by molar-refractivity contribution is 0.343. The van der Waals surface area contributed by atoms with Crippen molar-refractivity contribution in [2.45, 2.75) is 28.8 Å². The van der Waals surface area contributed by atoms with Gasteiger partial charge in [0.15, 0.2) is 5.65 Å². The molecule has 0 aliphatic carbocycles. The van der Waals surface area contributed by atoms with Crippen molar-refractivity contribution in [2.75, 3.05) is 13.1 Å². The summed E-state index contributed by atoms with van der Waals surface area (Å²) < 4.78 is 29.2. The second-order valence-electron chi connectivity index (χ2n) is 7.28. The van der Waals surface area contributed by atoms with Gasteiger partial charge in [-0.05, 0) is 44.1 Å². The molecular formula is C20H17Cl2FN6OS. The van der Waals surface area contributed by atoms with E-state index in [1.807, 2.05) is 16.9 Å². The first-order valence-electron chi connectivity index (χ1n) is 9.67. The molecule has 2 N–H and O–H groups in total. The predicted octanol–water partition coefficient (Wildman–Crippen LogP) is 4.36. The smallest absolute Gasteiger partial charge is 0.182 e. The maximum Gasteiger partial charge on any atom is 0.182 e. The first-order valence-corrected chi connectivity index (χ1v) is 11.6. The van der Waals surface area contributed by atoms with Crippen molar-refractivity contribution in [3.05, 3.63) is 52.7 Å². The van der Waals surface area contributed by atoms with Crippen molar-refractivity contribution in [3.8, 4) is 11.1 Å². The fourth-order valence-electron chi connectivity index (χ4n) is 3.72. The number of nitrogens with one attached hydrogen (secondary N) is 2. The van der Waals surface area contributed by atoms with E-state index in [0.717, 1.165) is 43.1 Å². The van der Waals surface area contributed by atoms with Crippen LogP contribution in [0.3, 0.4) is 0 Å². The minimum atomic E-state index is -1.88. The van der Waals surface area contributed by atoms with Gasteiger partial charge < -0.3 is 5.32 Å². The summed E-state index contributed by atoms with van der Waals surface area (Å²) in [5.41, 5.74) is 2.10. The molecule has 0 spiro atoms. The number of piperidine rings is 1. The van der Waals surface area contributed by atoms with Gasteiger partial charge in [0.2, 0.25) is 0 Å². The van der Waals surface area contributed by atoms with Gasteiger partial charge in [-0.3, -0.25) is 9.78 Å². The predicted molar refractivity (Wildman–Crippen MR) is 117 cm³/mol. The first kappa shape index (κ1) is 20.6. The molecule has 4 heterocycles. The zero-order chi connectivity index (χ0) is 21.5. The van der Waals surface area contributed by atoms with Crippen molar-refractivity contribution in [1.82, 2.24) is 30.3 Å². The summed E-state index contributed by atoms with van der Waals surface area (Å²) in [4.78, 5) is 4.37. The molecule has 4 aromatic rings. The molecule has 5 rings (SSSR count). The third-order valence-corrected chi connectivity index (χ3v) is 7.75. The summed E-state index contributed by atoms with van der Waals surface area (Å²) in [6, 6.07) is 4.66. The van der Waals surface area contributed by atoms with E-state index in [2.05, 4.69) is 25.6 Å². The molecule has 3 aromatic heterocycles. The SMILES string of the molecule is O=S(c1c(Cl)ccc(F)c1Cl)c1[nH]nc2ncc(-c3cnn(C4CCNCC4)c3)cc12. The van der Waals surface area contributed by atoms with Crippen LogP contribution >= 0.6 is 23.2 Å². The molecule has 1 saturated heterocycles. The van der Waals surface area contributed by atoms with E-state index in [9.17, 15) is 8.60 Å². The zero-order valence-electron chi connectivity index (χ0n) is 16.1. The molecule has 0 bridgehead atoms. The van der Waals surface area contributed by atoms with Crippen LogP contribution in [0.25, 0.3) is 22.2 Å². The van der Waals surface area contributed by atoms with Crippen LogP contribution in [0.5, 0.6) is 0 Å². The molecule has 0 radical (unpaired) electrons. The Balaban J connectivity index is 1.53. The highest BCUT2D eigenvalue weighted by atomic mass is 35.5. The minimum Gasteiger partial charge on any atom is -0.317 e. The van der Waals surface area contributed by atoms with Crippen molar-refractivity contribution in [1.29, 1.82) is 0 Å². The number of halogens is 3. The summed E-state index contributed by atoms with van der Waals surface area (Å²) in [7, 11) is -1.88. The summed E-state index contributed by atoms with van der Waals surface area (Å²) >= 11 is 12.2. The van der Waals surface area contributed by atoms with E-state index in [-0.39, 0.29) is 20.0 Å². The lowest BCUT2D eigenvalue weighted by atomic mass is 10.1. The Hall–Kier alpha value is -2.33. The highest BCUT2D eigenvalue weighted by Gasteiger charge is 2.23. The Morgan fingerprint density at radius 1 is 1.16 bits per heavy atom. The molecule has 31 heavy (non-hydrogen) atoms. The second-order valence-corrected chi connectivity index (χ2v) is 9.42. The Kier molecular flexibility index (Phi) is 5.51. The lowest BCUT2D eigenvalue weighted by Crippen LogP contribution is -2.29. The van der Waals surface area contributed by atoms with E-state index in [1.165, 1.54) is 6.07 Å². The van der Waals surface area contributed by atoms with Gasteiger partial charge in [0, 0.05) is 23.5 Å². The van der Waals surface area contributed by atoms with E-state index in [4.69, 9.17) is 23.2 Å². The largest absolute Gasteiger partial charge is 0.317 e. The lowest BCUT2D eigenvalue weighted by Gasteiger charge is -2.22. The highest BCUT2D eigenvalue weighted by Crippen LogP contribution is 2.35. The van der Waals surface area contributed by atoms with Gasteiger partial charge in [-0.1, -0.05) is 23.2 Å². The van der Waals surface area contributed by atoms with Gasteiger partial charge in [-0.2, -0.15) is 10.2 Å². The maximum absolute atomic E-state index is 13.9. The highest BCUT2D eigenvalue weighted by molar-refractivity contribution is 7.85. The van der Waals surface area contributed by atoms with Gasteiger partial charge >= 0.3 is 0 Å². The van der Waals surface area contributed by atoms with Crippen LogP contribution in [-0.2, 0) is 10.8 Å². The van der Waals surface area contributed by atoms with Crippen LogP contribution in [0, 0.1) is 5.82 Å². The zero-order valence-corrected chi connectivity index (χ0v) is 18.4. The fraction of sp³-hybridized carbons (Fsp3) is 0.250. The average molecular weight is 479 g/mol. The number of aromatic amines is 1. The Morgan fingerprint density at radius 2 is 1.97 bits per heavy atom. The topological polar surface area (TPSA) is 88.5 Å². The molecule has 1 unspecified atom stereocenters. The number of benzene rings is 1. The van der Waals surface area contributed by atoms with E-state index >= 15 is 0 Å². The molecule has 11 heteroatoms. The van der Waals surface area contributed by atoms with E-state index in [0.29, 0.717) is 17.1 Å². The first-order chi connectivity index (χ1) is 15.0. The van der Waals surface area contributed by atoms with E-state index in [1.54, 1.807) is 12.4 Å². The number of rotatable bonds is 4. The van der Waals surface area contributed by atoms with E-state index < -0.39 is 16.6 Å². The molecule has 0 saturated carbocycles. The standard InChI is InChI=1S/C20H17Cl2FN6OS/c21-15-1-2-16(23)17(22)18(15)31(30)20-14-7-11(8-25-19(14)27-28-20)12-9-26-29(10-12)13-3-5-24-6-4-13/h1-2,7-10,13,24H,3-6H2,(H,25,27,28). The molecule has 1 fully saturated rings. The van der Waals surface area contributed by atoms with Gasteiger partial charge in [0.1, 0.15) is 21.6 Å². The van der Waals surface area contributed by atoms with Crippen LogP contribution in [-0.4, -0.2) is 42.3 Å². The number of hydrogen-bond donors (Lipinski definition) is 2. The number of hydrogen-bond acceptors (Lipinski definition) is 5.